The van der Waals surface area contributed by atoms with Crippen molar-refractivity contribution in [1.82, 2.24) is 14.5 Å². The van der Waals surface area contributed by atoms with E-state index in [-0.39, 0.29) is 0 Å². The Morgan fingerprint density at radius 2 is 2.00 bits per heavy atom. The number of fused-ring (bicyclic) bond motifs is 1. The van der Waals surface area contributed by atoms with Crippen LogP contribution in [0.5, 0.6) is 0 Å². The van der Waals surface area contributed by atoms with Gasteiger partial charge >= 0.3 is 0 Å². The van der Waals surface area contributed by atoms with E-state index in [0.29, 0.717) is 5.89 Å². The number of oxazole rings is 1. The lowest BCUT2D eigenvalue weighted by molar-refractivity contribution is 0.521. The summed E-state index contributed by atoms with van der Waals surface area (Å²) in [4.78, 5) is 8.82. The van der Waals surface area contributed by atoms with E-state index in [4.69, 9.17) is 4.42 Å². The Bertz CT molecular complexity index is 651. The molecule has 16 heavy (non-hydrogen) atoms. The van der Waals surface area contributed by atoms with Gasteiger partial charge < -0.3 is 8.98 Å². The smallest absolute Gasteiger partial charge is 0.191 e. The van der Waals surface area contributed by atoms with Gasteiger partial charge in [-0.1, -0.05) is 12.1 Å². The summed E-state index contributed by atoms with van der Waals surface area (Å²) in [7, 11) is 1.98. The lowest BCUT2D eigenvalue weighted by Crippen LogP contribution is -1.92. The summed E-state index contributed by atoms with van der Waals surface area (Å²) in [6, 6.07) is 8.01. The molecule has 0 unspecified atom stereocenters. The van der Waals surface area contributed by atoms with Crippen LogP contribution in [0.1, 0.15) is 5.89 Å². The average molecular weight is 213 g/mol. The fourth-order valence-electron chi connectivity index (χ4n) is 1.84. The summed E-state index contributed by atoms with van der Waals surface area (Å²) < 4.78 is 7.23. The molecule has 0 atom stereocenters. The normalized spacial score (nSPS) is 11.1. The van der Waals surface area contributed by atoms with Crippen molar-refractivity contribution < 1.29 is 4.42 Å². The Morgan fingerprint density at radius 1 is 1.19 bits per heavy atom. The van der Waals surface area contributed by atoms with Gasteiger partial charge in [0.2, 0.25) is 0 Å². The van der Waals surface area contributed by atoms with Crippen LogP contribution >= 0.6 is 0 Å². The lowest BCUT2D eigenvalue weighted by Gasteiger charge is -1.96. The van der Waals surface area contributed by atoms with Gasteiger partial charge in [-0.25, -0.2) is 9.97 Å². The zero-order valence-corrected chi connectivity index (χ0v) is 9.14. The number of hydrogen-bond acceptors (Lipinski definition) is 3. The molecule has 0 aliphatic rings. The summed E-state index contributed by atoms with van der Waals surface area (Å²) in [5.41, 5.74) is 2.84. The fourth-order valence-corrected chi connectivity index (χ4v) is 1.84. The van der Waals surface area contributed by atoms with Gasteiger partial charge in [0.1, 0.15) is 12.0 Å². The third kappa shape index (κ3) is 1.23. The summed E-state index contributed by atoms with van der Waals surface area (Å²) in [5.74, 6) is 1.49. The highest BCUT2D eigenvalue weighted by Gasteiger charge is 2.12. The second-order valence-corrected chi connectivity index (χ2v) is 3.73. The predicted molar refractivity (Wildman–Crippen MR) is 60.9 cm³/mol. The molecule has 0 aliphatic heterocycles. The van der Waals surface area contributed by atoms with Crippen LogP contribution in [0.4, 0.5) is 0 Å². The summed E-state index contributed by atoms with van der Waals surface area (Å²) in [6.45, 7) is 1.83. The Morgan fingerprint density at radius 3 is 2.69 bits per heavy atom. The molecule has 0 radical (unpaired) electrons. The number of rotatable bonds is 1. The Balaban J connectivity index is 2.28. The third-order valence-corrected chi connectivity index (χ3v) is 2.64. The molecule has 0 amide bonds. The second kappa shape index (κ2) is 3.20. The number of benzene rings is 1. The largest absolute Gasteiger partial charge is 0.449 e. The van der Waals surface area contributed by atoms with Gasteiger partial charge in [-0.05, 0) is 12.1 Å². The number of imidazole rings is 1. The standard InChI is InChI=1S/C12H11N3O/c1-8-13-10(7-16-8)12-14-9-5-3-4-6-11(9)15(12)2/h3-7H,1-2H3. The van der Waals surface area contributed by atoms with Crippen LogP contribution in [0.15, 0.2) is 34.9 Å². The SMILES string of the molecule is Cc1nc(-c2nc3ccccc3n2C)co1. The predicted octanol–water partition coefficient (Wildman–Crippen LogP) is 2.54. The zero-order chi connectivity index (χ0) is 11.1. The van der Waals surface area contributed by atoms with Gasteiger partial charge in [-0.15, -0.1) is 0 Å². The number of nitrogens with zero attached hydrogens (tertiary/aromatic N) is 3. The van der Waals surface area contributed by atoms with Crippen LogP contribution in [0.3, 0.4) is 0 Å². The van der Waals surface area contributed by atoms with E-state index in [9.17, 15) is 0 Å². The first-order valence-corrected chi connectivity index (χ1v) is 5.09. The van der Waals surface area contributed by atoms with Crippen molar-refractivity contribution in [2.75, 3.05) is 0 Å². The van der Waals surface area contributed by atoms with Gasteiger partial charge in [0.25, 0.3) is 0 Å². The highest BCUT2D eigenvalue weighted by Crippen LogP contribution is 2.22. The second-order valence-electron chi connectivity index (χ2n) is 3.73. The monoisotopic (exact) mass is 213 g/mol. The van der Waals surface area contributed by atoms with Crippen LogP contribution < -0.4 is 0 Å². The molecule has 0 saturated carbocycles. The quantitative estimate of drug-likeness (QED) is 0.624. The van der Waals surface area contributed by atoms with Crippen LogP contribution in [0.2, 0.25) is 0 Å². The average Bonchev–Trinajstić information content (AvgIpc) is 2.84. The molecule has 1 aromatic carbocycles. The van der Waals surface area contributed by atoms with E-state index in [1.807, 2.05) is 42.8 Å². The van der Waals surface area contributed by atoms with Crippen molar-refractivity contribution in [3.63, 3.8) is 0 Å². The summed E-state index contributed by atoms with van der Waals surface area (Å²) >= 11 is 0. The molecule has 0 N–H and O–H groups in total. The number of hydrogen-bond donors (Lipinski definition) is 0. The highest BCUT2D eigenvalue weighted by molar-refractivity contribution is 5.79. The van der Waals surface area contributed by atoms with Crippen molar-refractivity contribution in [2.24, 2.45) is 7.05 Å². The van der Waals surface area contributed by atoms with E-state index in [2.05, 4.69) is 9.97 Å². The molecular formula is C12H11N3O. The molecule has 2 aromatic heterocycles. The third-order valence-electron chi connectivity index (χ3n) is 2.64. The first-order valence-electron chi connectivity index (χ1n) is 5.09. The maximum absolute atomic E-state index is 5.21. The minimum atomic E-state index is 0.655. The molecule has 0 bridgehead atoms. The van der Waals surface area contributed by atoms with Crippen molar-refractivity contribution in [3.05, 3.63) is 36.4 Å². The maximum Gasteiger partial charge on any atom is 0.191 e. The first kappa shape index (κ1) is 9.15. The van der Waals surface area contributed by atoms with Gasteiger partial charge in [0.15, 0.2) is 11.7 Å². The van der Waals surface area contributed by atoms with E-state index >= 15 is 0 Å². The minimum Gasteiger partial charge on any atom is -0.449 e. The lowest BCUT2D eigenvalue weighted by atomic mass is 10.3. The topological polar surface area (TPSA) is 43.9 Å². The zero-order valence-electron chi connectivity index (χ0n) is 9.14. The number of para-hydroxylation sites is 2. The molecule has 4 heteroatoms. The van der Waals surface area contributed by atoms with E-state index in [0.717, 1.165) is 22.6 Å². The molecule has 4 nitrogen and oxygen atoms in total. The van der Waals surface area contributed by atoms with Gasteiger partial charge in [0, 0.05) is 14.0 Å². The van der Waals surface area contributed by atoms with E-state index in [1.54, 1.807) is 6.26 Å². The van der Waals surface area contributed by atoms with Crippen molar-refractivity contribution >= 4 is 11.0 Å². The molecule has 0 fully saturated rings. The number of aryl methyl sites for hydroxylation is 2. The first-order chi connectivity index (χ1) is 7.75. The fraction of sp³-hybridized carbons (Fsp3) is 0.167. The van der Waals surface area contributed by atoms with Crippen molar-refractivity contribution in [3.8, 4) is 11.5 Å². The van der Waals surface area contributed by atoms with Gasteiger partial charge in [-0.2, -0.15) is 0 Å². The van der Waals surface area contributed by atoms with E-state index < -0.39 is 0 Å². The van der Waals surface area contributed by atoms with Crippen molar-refractivity contribution in [1.29, 1.82) is 0 Å². The van der Waals surface area contributed by atoms with Crippen LogP contribution in [0, 0.1) is 6.92 Å². The molecule has 3 aromatic rings. The maximum atomic E-state index is 5.21. The molecule has 0 aliphatic carbocycles. The highest BCUT2D eigenvalue weighted by atomic mass is 16.3. The molecule has 0 spiro atoms. The summed E-state index contributed by atoms with van der Waals surface area (Å²) in [6.07, 6.45) is 1.64. The van der Waals surface area contributed by atoms with E-state index in [1.165, 1.54) is 0 Å². The molecular weight excluding hydrogens is 202 g/mol. The molecule has 0 saturated heterocycles. The summed E-state index contributed by atoms with van der Waals surface area (Å²) in [5, 5.41) is 0. The van der Waals surface area contributed by atoms with Crippen LogP contribution in [-0.4, -0.2) is 14.5 Å². The van der Waals surface area contributed by atoms with Gasteiger partial charge in [0.05, 0.1) is 11.0 Å². The van der Waals surface area contributed by atoms with Crippen molar-refractivity contribution in [2.45, 2.75) is 6.92 Å². The van der Waals surface area contributed by atoms with Crippen LogP contribution in [0.25, 0.3) is 22.6 Å². The Labute approximate surface area is 92.6 Å². The molecule has 80 valence electrons. The Hall–Kier alpha value is -2.10. The molecule has 2 heterocycles. The van der Waals surface area contributed by atoms with Gasteiger partial charge in [-0.3, -0.25) is 0 Å². The number of aromatic nitrogens is 3. The minimum absolute atomic E-state index is 0.655. The molecule has 3 rings (SSSR count). The Kier molecular flexibility index (Phi) is 1.83. The van der Waals surface area contributed by atoms with Crippen LogP contribution in [-0.2, 0) is 7.05 Å².